The summed E-state index contributed by atoms with van der Waals surface area (Å²) in [5.41, 5.74) is 4.86. The fourth-order valence-corrected chi connectivity index (χ4v) is 4.24. The number of hydrogen-bond acceptors (Lipinski definition) is 4. The van der Waals surface area contributed by atoms with Gasteiger partial charge in [-0.15, -0.1) is 0 Å². The topological polar surface area (TPSA) is 78.8 Å². The predicted octanol–water partition coefficient (Wildman–Crippen LogP) is 3.87. The lowest BCUT2D eigenvalue weighted by Crippen LogP contribution is -2.39. The summed E-state index contributed by atoms with van der Waals surface area (Å²) >= 11 is 0. The summed E-state index contributed by atoms with van der Waals surface area (Å²) < 4.78 is 40.8. The van der Waals surface area contributed by atoms with Gasteiger partial charge in [-0.05, 0) is 55.8 Å². The second-order valence-corrected chi connectivity index (χ2v) is 8.76. The SMILES string of the molecule is C/C(=N/NC(=O)CN(c1ccc(F)cc1)S(=O)(=O)c1ccc(C)cc1)c1ccccc1. The van der Waals surface area contributed by atoms with Gasteiger partial charge in [-0.2, -0.15) is 5.10 Å². The highest BCUT2D eigenvalue weighted by atomic mass is 32.2. The zero-order chi connectivity index (χ0) is 22.4. The van der Waals surface area contributed by atoms with E-state index in [-0.39, 0.29) is 10.6 Å². The van der Waals surface area contributed by atoms with Crippen LogP contribution in [0.4, 0.5) is 10.1 Å². The molecule has 0 atom stereocenters. The van der Waals surface area contributed by atoms with Crippen molar-refractivity contribution in [3.8, 4) is 0 Å². The van der Waals surface area contributed by atoms with E-state index in [2.05, 4.69) is 10.5 Å². The molecule has 0 fully saturated rings. The second-order valence-electron chi connectivity index (χ2n) is 6.90. The average Bonchev–Trinajstić information content (AvgIpc) is 2.77. The van der Waals surface area contributed by atoms with Crippen LogP contribution >= 0.6 is 0 Å². The van der Waals surface area contributed by atoms with Gasteiger partial charge in [0.05, 0.1) is 16.3 Å². The molecule has 6 nitrogen and oxygen atoms in total. The number of sulfonamides is 1. The van der Waals surface area contributed by atoms with Crippen LogP contribution in [0.15, 0.2) is 88.9 Å². The minimum Gasteiger partial charge on any atom is -0.271 e. The molecule has 0 aliphatic carbocycles. The van der Waals surface area contributed by atoms with Crippen LogP contribution in [0, 0.1) is 12.7 Å². The Bertz CT molecular complexity index is 1180. The van der Waals surface area contributed by atoms with Gasteiger partial charge in [0.2, 0.25) is 0 Å². The van der Waals surface area contributed by atoms with Crippen molar-refractivity contribution in [2.45, 2.75) is 18.7 Å². The van der Waals surface area contributed by atoms with Crippen molar-refractivity contribution in [3.63, 3.8) is 0 Å². The molecule has 8 heteroatoms. The van der Waals surface area contributed by atoms with E-state index < -0.39 is 28.3 Å². The fourth-order valence-electron chi connectivity index (χ4n) is 2.82. The Morgan fingerprint density at radius 2 is 1.58 bits per heavy atom. The van der Waals surface area contributed by atoms with E-state index in [0.29, 0.717) is 5.71 Å². The molecule has 1 N–H and O–H groups in total. The maximum absolute atomic E-state index is 13.4. The fraction of sp³-hybridized carbons (Fsp3) is 0.130. The number of nitrogens with zero attached hydrogens (tertiary/aromatic N) is 2. The van der Waals surface area contributed by atoms with Gasteiger partial charge >= 0.3 is 0 Å². The van der Waals surface area contributed by atoms with Crippen molar-refractivity contribution in [3.05, 3.63) is 95.8 Å². The Labute approximate surface area is 181 Å². The molecule has 0 aliphatic rings. The molecule has 0 aromatic heterocycles. The smallest absolute Gasteiger partial charge is 0.264 e. The molecule has 31 heavy (non-hydrogen) atoms. The monoisotopic (exact) mass is 439 g/mol. The number of anilines is 1. The third-order valence-corrected chi connectivity index (χ3v) is 6.34. The summed E-state index contributed by atoms with van der Waals surface area (Å²) in [7, 11) is -4.07. The minimum atomic E-state index is -4.07. The number of amides is 1. The quantitative estimate of drug-likeness (QED) is 0.448. The van der Waals surface area contributed by atoms with Crippen molar-refractivity contribution >= 4 is 27.3 Å². The molecule has 0 heterocycles. The van der Waals surface area contributed by atoms with Crippen LogP contribution in [-0.4, -0.2) is 26.6 Å². The van der Waals surface area contributed by atoms with E-state index in [1.807, 2.05) is 37.3 Å². The molecule has 1 amide bonds. The average molecular weight is 440 g/mol. The highest BCUT2D eigenvalue weighted by Gasteiger charge is 2.27. The first-order valence-electron chi connectivity index (χ1n) is 9.51. The lowest BCUT2D eigenvalue weighted by molar-refractivity contribution is -0.119. The molecule has 160 valence electrons. The number of hydrazone groups is 1. The van der Waals surface area contributed by atoms with Gasteiger partial charge in [-0.1, -0.05) is 48.0 Å². The summed E-state index contributed by atoms with van der Waals surface area (Å²) in [6.07, 6.45) is 0. The minimum absolute atomic E-state index is 0.0270. The number of rotatable bonds is 7. The van der Waals surface area contributed by atoms with Gasteiger partial charge in [0.25, 0.3) is 15.9 Å². The van der Waals surface area contributed by atoms with Crippen molar-refractivity contribution in [2.75, 3.05) is 10.8 Å². The standard InChI is InChI=1S/C23H22FN3O3S/c1-17-8-14-22(15-9-17)31(29,30)27(21-12-10-20(24)11-13-21)16-23(28)26-25-18(2)19-6-4-3-5-7-19/h3-15H,16H2,1-2H3,(H,26,28)/b25-18-. The van der Waals surface area contributed by atoms with Gasteiger partial charge in [0.1, 0.15) is 12.4 Å². The zero-order valence-corrected chi connectivity index (χ0v) is 17.9. The van der Waals surface area contributed by atoms with Crippen LogP contribution in [0.3, 0.4) is 0 Å². The van der Waals surface area contributed by atoms with Crippen LogP contribution in [0.25, 0.3) is 0 Å². The van der Waals surface area contributed by atoms with E-state index in [9.17, 15) is 17.6 Å². The summed E-state index contributed by atoms with van der Waals surface area (Å²) in [6, 6.07) is 20.4. The molecule has 0 saturated heterocycles. The molecule has 0 radical (unpaired) electrons. The lowest BCUT2D eigenvalue weighted by atomic mass is 10.1. The summed E-state index contributed by atoms with van der Waals surface area (Å²) in [5, 5.41) is 4.06. The van der Waals surface area contributed by atoms with Crippen LogP contribution < -0.4 is 9.73 Å². The van der Waals surface area contributed by atoms with Crippen molar-refractivity contribution in [1.82, 2.24) is 5.43 Å². The lowest BCUT2D eigenvalue weighted by Gasteiger charge is -2.23. The number of hydrogen-bond donors (Lipinski definition) is 1. The van der Waals surface area contributed by atoms with Crippen molar-refractivity contribution in [2.24, 2.45) is 5.10 Å². The molecule has 0 unspecified atom stereocenters. The highest BCUT2D eigenvalue weighted by molar-refractivity contribution is 7.92. The molecule has 3 rings (SSSR count). The van der Waals surface area contributed by atoms with Crippen LogP contribution in [-0.2, 0) is 14.8 Å². The van der Waals surface area contributed by atoms with E-state index >= 15 is 0 Å². The highest BCUT2D eigenvalue weighted by Crippen LogP contribution is 2.24. The first-order chi connectivity index (χ1) is 14.8. The molecular formula is C23H22FN3O3S. The van der Waals surface area contributed by atoms with Crippen LogP contribution in [0.5, 0.6) is 0 Å². The maximum atomic E-state index is 13.4. The Hall–Kier alpha value is -3.52. The van der Waals surface area contributed by atoms with Gasteiger partial charge in [0, 0.05) is 0 Å². The van der Waals surface area contributed by atoms with Gasteiger partial charge in [-0.25, -0.2) is 18.2 Å². The normalized spacial score (nSPS) is 11.8. The maximum Gasteiger partial charge on any atom is 0.264 e. The van der Waals surface area contributed by atoms with E-state index in [4.69, 9.17) is 0 Å². The third kappa shape index (κ3) is 5.55. The van der Waals surface area contributed by atoms with Gasteiger partial charge < -0.3 is 0 Å². The summed E-state index contributed by atoms with van der Waals surface area (Å²) in [5.74, 6) is -1.14. The van der Waals surface area contributed by atoms with Crippen molar-refractivity contribution < 1.29 is 17.6 Å². The number of benzene rings is 3. The van der Waals surface area contributed by atoms with E-state index in [1.165, 1.54) is 24.3 Å². The van der Waals surface area contributed by atoms with Crippen LogP contribution in [0.1, 0.15) is 18.1 Å². The zero-order valence-electron chi connectivity index (χ0n) is 17.1. The van der Waals surface area contributed by atoms with E-state index in [1.54, 1.807) is 19.1 Å². The first kappa shape index (κ1) is 22.2. The van der Waals surface area contributed by atoms with Crippen LogP contribution in [0.2, 0.25) is 0 Å². The molecular weight excluding hydrogens is 417 g/mol. The molecule has 3 aromatic carbocycles. The number of carbonyl (C=O) groups is 1. The van der Waals surface area contributed by atoms with Crippen molar-refractivity contribution in [1.29, 1.82) is 0 Å². The molecule has 0 bridgehead atoms. The molecule has 3 aromatic rings. The number of aryl methyl sites for hydroxylation is 1. The Kier molecular flexibility index (Phi) is 6.81. The first-order valence-corrected chi connectivity index (χ1v) is 10.9. The number of nitrogens with one attached hydrogen (secondary N) is 1. The molecule has 0 spiro atoms. The number of halogens is 1. The predicted molar refractivity (Wildman–Crippen MR) is 119 cm³/mol. The summed E-state index contributed by atoms with van der Waals surface area (Å²) in [6.45, 7) is 3.05. The van der Waals surface area contributed by atoms with Gasteiger partial charge in [0.15, 0.2) is 0 Å². The van der Waals surface area contributed by atoms with Gasteiger partial charge in [-0.3, -0.25) is 9.10 Å². The molecule has 0 saturated carbocycles. The molecule has 0 aliphatic heterocycles. The largest absolute Gasteiger partial charge is 0.271 e. The number of carbonyl (C=O) groups excluding carboxylic acids is 1. The Balaban J connectivity index is 1.87. The Morgan fingerprint density at radius 3 is 2.19 bits per heavy atom. The second kappa shape index (κ2) is 9.53. The Morgan fingerprint density at radius 1 is 0.968 bits per heavy atom. The summed E-state index contributed by atoms with van der Waals surface area (Å²) in [4.78, 5) is 12.6. The van der Waals surface area contributed by atoms with E-state index in [0.717, 1.165) is 27.6 Å². The third-order valence-electron chi connectivity index (χ3n) is 4.55.